The first kappa shape index (κ1) is 20.4. The van der Waals surface area contributed by atoms with E-state index in [1.165, 1.54) is 16.6 Å². The molecule has 31 heavy (non-hydrogen) atoms. The minimum absolute atomic E-state index is 0.00419. The molecule has 0 unspecified atom stereocenters. The Hall–Kier alpha value is -2.50. The molecule has 3 heterocycles. The number of nitrogens with one attached hydrogen (secondary N) is 1. The molecule has 0 spiro atoms. The van der Waals surface area contributed by atoms with Crippen LogP contribution >= 0.6 is 11.6 Å². The van der Waals surface area contributed by atoms with Crippen molar-refractivity contribution in [3.05, 3.63) is 65.4 Å². The van der Waals surface area contributed by atoms with Gasteiger partial charge in [-0.15, -0.1) is 11.6 Å². The third-order valence-corrected chi connectivity index (χ3v) is 7.08. The molecule has 2 atom stereocenters. The van der Waals surface area contributed by atoms with Gasteiger partial charge in [0.2, 0.25) is 5.91 Å². The van der Waals surface area contributed by atoms with Crippen molar-refractivity contribution in [2.45, 2.75) is 25.4 Å². The number of piperazine rings is 1. The fourth-order valence-electron chi connectivity index (χ4n) is 5.18. The summed E-state index contributed by atoms with van der Waals surface area (Å²) >= 11 is 6.04. The first-order valence-electron chi connectivity index (χ1n) is 11.1. The lowest BCUT2D eigenvalue weighted by atomic mass is 9.88. The minimum atomic E-state index is -0.154. The fraction of sp³-hybridized carbons (Fsp3) is 0.400. The second kappa shape index (κ2) is 8.21. The van der Waals surface area contributed by atoms with Crippen LogP contribution in [0.4, 0.5) is 5.69 Å². The molecule has 1 aromatic heterocycles. The summed E-state index contributed by atoms with van der Waals surface area (Å²) in [6.45, 7) is 6.37. The molecule has 0 radical (unpaired) electrons. The van der Waals surface area contributed by atoms with E-state index in [-0.39, 0.29) is 23.9 Å². The summed E-state index contributed by atoms with van der Waals surface area (Å²) in [6.07, 6.45) is 0.831. The summed E-state index contributed by atoms with van der Waals surface area (Å²) in [5.41, 5.74) is 5.92. The van der Waals surface area contributed by atoms with Crippen molar-refractivity contribution >= 4 is 34.1 Å². The van der Waals surface area contributed by atoms with Gasteiger partial charge in [-0.05, 0) is 49.7 Å². The average molecular weight is 437 g/mol. The fourth-order valence-corrected chi connectivity index (χ4v) is 5.32. The number of nitrogens with zero attached hydrogens (tertiary/aromatic N) is 3. The highest BCUT2D eigenvalue weighted by Gasteiger charge is 2.38. The number of H-pyrrole nitrogens is 1. The van der Waals surface area contributed by atoms with Gasteiger partial charge in [-0.1, -0.05) is 30.3 Å². The molecular formula is C25H29ClN4O. The van der Waals surface area contributed by atoms with E-state index in [4.69, 9.17) is 11.6 Å². The molecule has 5 rings (SSSR count). The maximum atomic E-state index is 12.9. The van der Waals surface area contributed by atoms with Crippen LogP contribution < -0.4 is 4.90 Å². The number of halogens is 1. The molecule has 1 N–H and O–H groups in total. The molecule has 1 fully saturated rings. The zero-order valence-corrected chi connectivity index (χ0v) is 18.9. The Balaban J connectivity index is 1.55. The Morgan fingerprint density at radius 1 is 1.06 bits per heavy atom. The number of fused-ring (bicyclic) bond motifs is 3. The van der Waals surface area contributed by atoms with Gasteiger partial charge in [-0.2, -0.15) is 0 Å². The standard InChI is InChI=1S/C25H29ClN4O/c1-17-15-21-20-5-3-4-6-22(20)27-24(21)25(30(17)23(31)16-26)18-7-9-19(10-8-18)29-13-11-28(2)12-14-29/h3-10,17,25,27H,11-16H2,1-2H3/t17-,25-/m0/s1. The Kier molecular flexibility index (Phi) is 5.40. The lowest BCUT2D eigenvalue weighted by Gasteiger charge is -2.41. The number of anilines is 1. The Labute approximate surface area is 188 Å². The van der Waals surface area contributed by atoms with Crippen molar-refractivity contribution in [3.63, 3.8) is 0 Å². The minimum Gasteiger partial charge on any atom is -0.369 e. The number of likely N-dealkylation sites (N-methyl/N-ethyl adjacent to an activating group) is 1. The number of carbonyl (C=O) groups is 1. The molecule has 1 amide bonds. The van der Waals surface area contributed by atoms with Crippen LogP contribution in [0.3, 0.4) is 0 Å². The molecule has 2 aliphatic heterocycles. The van der Waals surface area contributed by atoms with E-state index in [1.54, 1.807) is 0 Å². The molecule has 1 saturated heterocycles. The highest BCUT2D eigenvalue weighted by atomic mass is 35.5. The van der Waals surface area contributed by atoms with Crippen LogP contribution in [0.5, 0.6) is 0 Å². The van der Waals surface area contributed by atoms with E-state index in [0.717, 1.165) is 49.4 Å². The van der Waals surface area contributed by atoms with Gasteiger partial charge in [0.15, 0.2) is 0 Å². The number of aromatic amines is 1. The van der Waals surface area contributed by atoms with Crippen LogP contribution in [-0.4, -0.2) is 65.8 Å². The first-order valence-corrected chi connectivity index (χ1v) is 11.6. The number of aromatic nitrogens is 1. The molecule has 162 valence electrons. The molecular weight excluding hydrogens is 408 g/mol. The number of amides is 1. The second-order valence-corrected chi connectivity index (χ2v) is 9.10. The van der Waals surface area contributed by atoms with Crippen LogP contribution in [0, 0.1) is 0 Å². The summed E-state index contributed by atoms with van der Waals surface area (Å²) in [4.78, 5) is 23.3. The number of carbonyl (C=O) groups excluding carboxylic acids is 1. The largest absolute Gasteiger partial charge is 0.369 e. The Morgan fingerprint density at radius 2 is 1.77 bits per heavy atom. The summed E-state index contributed by atoms with van der Waals surface area (Å²) in [6, 6.07) is 17.1. The predicted molar refractivity (Wildman–Crippen MR) is 127 cm³/mol. The van der Waals surface area contributed by atoms with Crippen molar-refractivity contribution in [3.8, 4) is 0 Å². The normalized spacial score (nSPS) is 22.0. The number of hydrogen-bond donors (Lipinski definition) is 1. The van der Waals surface area contributed by atoms with Crippen LogP contribution in [-0.2, 0) is 11.2 Å². The van der Waals surface area contributed by atoms with Crippen LogP contribution in [0.2, 0.25) is 0 Å². The van der Waals surface area contributed by atoms with Gasteiger partial charge in [0.1, 0.15) is 5.88 Å². The van der Waals surface area contributed by atoms with Crippen LogP contribution in [0.25, 0.3) is 10.9 Å². The highest BCUT2D eigenvalue weighted by molar-refractivity contribution is 6.27. The van der Waals surface area contributed by atoms with E-state index in [1.807, 2.05) is 4.90 Å². The average Bonchev–Trinajstić information content (AvgIpc) is 3.16. The van der Waals surface area contributed by atoms with Gasteiger partial charge in [0.05, 0.1) is 6.04 Å². The van der Waals surface area contributed by atoms with Crippen molar-refractivity contribution < 1.29 is 4.79 Å². The number of hydrogen-bond acceptors (Lipinski definition) is 3. The van der Waals surface area contributed by atoms with Crippen molar-refractivity contribution in [2.24, 2.45) is 0 Å². The van der Waals surface area contributed by atoms with E-state index in [9.17, 15) is 4.79 Å². The maximum Gasteiger partial charge on any atom is 0.238 e. The smallest absolute Gasteiger partial charge is 0.238 e. The van der Waals surface area contributed by atoms with E-state index in [0.29, 0.717) is 0 Å². The van der Waals surface area contributed by atoms with Crippen molar-refractivity contribution in [1.29, 1.82) is 0 Å². The number of rotatable bonds is 3. The lowest BCUT2D eigenvalue weighted by molar-refractivity contribution is -0.133. The van der Waals surface area contributed by atoms with Gasteiger partial charge < -0.3 is 19.7 Å². The van der Waals surface area contributed by atoms with Gasteiger partial charge in [-0.3, -0.25) is 4.79 Å². The zero-order chi connectivity index (χ0) is 21.5. The quantitative estimate of drug-likeness (QED) is 0.630. The third kappa shape index (κ3) is 3.60. The predicted octanol–water partition coefficient (Wildman–Crippen LogP) is 4.02. The van der Waals surface area contributed by atoms with Crippen molar-refractivity contribution in [1.82, 2.24) is 14.8 Å². The van der Waals surface area contributed by atoms with Gasteiger partial charge in [0.25, 0.3) is 0 Å². The maximum absolute atomic E-state index is 12.9. The monoisotopic (exact) mass is 436 g/mol. The molecule has 0 bridgehead atoms. The van der Waals surface area contributed by atoms with E-state index >= 15 is 0 Å². The zero-order valence-electron chi connectivity index (χ0n) is 18.1. The Bertz CT molecular complexity index is 1080. The van der Waals surface area contributed by atoms with Gasteiger partial charge in [0, 0.05) is 54.5 Å². The van der Waals surface area contributed by atoms with Crippen LogP contribution in [0.1, 0.15) is 29.8 Å². The molecule has 5 nitrogen and oxygen atoms in total. The second-order valence-electron chi connectivity index (χ2n) is 8.83. The molecule has 2 aliphatic rings. The van der Waals surface area contributed by atoms with Gasteiger partial charge in [-0.25, -0.2) is 0 Å². The lowest BCUT2D eigenvalue weighted by Crippen LogP contribution is -2.47. The van der Waals surface area contributed by atoms with E-state index < -0.39 is 0 Å². The molecule has 0 saturated carbocycles. The number of benzene rings is 2. The number of alkyl halides is 1. The van der Waals surface area contributed by atoms with Crippen molar-refractivity contribution in [2.75, 3.05) is 44.0 Å². The molecule has 6 heteroatoms. The summed E-state index contributed by atoms with van der Waals surface area (Å²) < 4.78 is 0. The van der Waals surface area contributed by atoms with Gasteiger partial charge >= 0.3 is 0 Å². The van der Waals surface area contributed by atoms with Crippen LogP contribution in [0.15, 0.2) is 48.5 Å². The molecule has 3 aromatic rings. The first-order chi connectivity index (χ1) is 15.1. The Morgan fingerprint density at radius 3 is 2.48 bits per heavy atom. The SMILES string of the molecule is C[C@H]1Cc2c([nH]c3ccccc23)[C@H](c2ccc(N3CCN(C)CC3)cc2)N1C(=O)CCl. The summed E-state index contributed by atoms with van der Waals surface area (Å²) in [7, 11) is 2.17. The number of para-hydroxylation sites is 1. The molecule has 0 aliphatic carbocycles. The highest BCUT2D eigenvalue weighted by Crippen LogP contribution is 2.41. The topological polar surface area (TPSA) is 42.6 Å². The third-order valence-electron chi connectivity index (χ3n) is 6.85. The molecule has 2 aromatic carbocycles. The van der Waals surface area contributed by atoms with E-state index in [2.05, 4.69) is 77.3 Å². The summed E-state index contributed by atoms with van der Waals surface area (Å²) in [5, 5.41) is 1.25. The summed E-state index contributed by atoms with van der Waals surface area (Å²) in [5.74, 6) is -0.0258.